The van der Waals surface area contributed by atoms with Crippen LogP contribution >= 0.6 is 23.2 Å². The van der Waals surface area contributed by atoms with Crippen molar-refractivity contribution in [3.05, 3.63) is 33.3 Å². The van der Waals surface area contributed by atoms with Crippen molar-refractivity contribution >= 4 is 23.2 Å². The molecule has 0 amide bonds. The van der Waals surface area contributed by atoms with Crippen LogP contribution in [0.25, 0.3) is 0 Å². The first-order chi connectivity index (χ1) is 9.63. The number of rotatable bonds is 1. The molecule has 2 atom stereocenters. The van der Waals surface area contributed by atoms with Crippen molar-refractivity contribution < 1.29 is 0 Å². The van der Waals surface area contributed by atoms with E-state index in [-0.39, 0.29) is 0 Å². The smallest absolute Gasteiger partial charge is 0.0456 e. The highest BCUT2D eigenvalue weighted by molar-refractivity contribution is 6.35. The summed E-state index contributed by atoms with van der Waals surface area (Å²) in [5.41, 5.74) is 8.66. The van der Waals surface area contributed by atoms with E-state index >= 15 is 0 Å². The zero-order valence-corrected chi connectivity index (χ0v) is 13.8. The minimum absolute atomic E-state index is 0.335. The summed E-state index contributed by atoms with van der Waals surface area (Å²) < 4.78 is 0. The van der Waals surface area contributed by atoms with Crippen LogP contribution in [-0.2, 0) is 12.8 Å². The maximum Gasteiger partial charge on any atom is 0.0456 e. The molecule has 3 rings (SSSR count). The van der Waals surface area contributed by atoms with Crippen molar-refractivity contribution in [2.24, 2.45) is 5.73 Å². The first-order valence-electron chi connectivity index (χ1n) is 7.60. The highest BCUT2D eigenvalue weighted by Crippen LogP contribution is 2.34. The van der Waals surface area contributed by atoms with Crippen LogP contribution in [0.2, 0.25) is 10.0 Å². The quantitative estimate of drug-likeness (QED) is 0.851. The molecule has 1 aromatic rings. The number of likely N-dealkylation sites (tertiary alicyclic amines) is 1. The van der Waals surface area contributed by atoms with E-state index in [1.54, 1.807) is 0 Å². The Labute approximate surface area is 132 Å². The van der Waals surface area contributed by atoms with Crippen molar-refractivity contribution in [3.63, 3.8) is 0 Å². The molecule has 2 aliphatic rings. The molecule has 1 fully saturated rings. The third-order valence-electron chi connectivity index (χ3n) is 4.15. The van der Waals surface area contributed by atoms with Crippen molar-refractivity contribution in [1.82, 2.24) is 4.90 Å². The van der Waals surface area contributed by atoms with E-state index in [9.17, 15) is 0 Å². The van der Waals surface area contributed by atoms with Gasteiger partial charge in [0.1, 0.15) is 0 Å². The Hall–Kier alpha value is -0.280. The Bertz CT molecular complexity index is 462. The van der Waals surface area contributed by atoms with Crippen LogP contribution in [0.5, 0.6) is 0 Å². The second-order valence-electron chi connectivity index (χ2n) is 5.48. The number of benzene rings is 1. The normalized spacial score (nSPS) is 25.9. The van der Waals surface area contributed by atoms with E-state index < -0.39 is 0 Å². The van der Waals surface area contributed by atoms with Crippen LogP contribution in [0.3, 0.4) is 0 Å². The summed E-state index contributed by atoms with van der Waals surface area (Å²) in [6.07, 6.45) is 4.46. The maximum absolute atomic E-state index is 6.28. The average molecular weight is 315 g/mol. The Morgan fingerprint density at radius 3 is 2.65 bits per heavy atom. The SMILES string of the molecule is CC.NC1CCCN(C2Cc3cc(Cl)cc(Cl)c3C2)C1. The van der Waals surface area contributed by atoms with Crippen molar-refractivity contribution in [1.29, 1.82) is 0 Å². The predicted octanol–water partition coefficient (Wildman–Crippen LogP) is 3.91. The van der Waals surface area contributed by atoms with Crippen molar-refractivity contribution in [2.45, 2.75) is 51.6 Å². The van der Waals surface area contributed by atoms with Crippen LogP contribution < -0.4 is 5.73 Å². The molecule has 2 N–H and O–H groups in total. The second kappa shape index (κ2) is 7.13. The summed E-state index contributed by atoms with van der Waals surface area (Å²) >= 11 is 12.3. The number of hydrogen-bond acceptors (Lipinski definition) is 2. The minimum Gasteiger partial charge on any atom is -0.327 e. The zero-order chi connectivity index (χ0) is 14.7. The topological polar surface area (TPSA) is 29.3 Å². The lowest BCUT2D eigenvalue weighted by molar-refractivity contribution is 0.153. The van der Waals surface area contributed by atoms with Crippen LogP contribution in [0, 0.1) is 0 Å². The van der Waals surface area contributed by atoms with Gasteiger partial charge < -0.3 is 5.73 Å². The molecule has 4 heteroatoms. The van der Waals surface area contributed by atoms with E-state index in [0.29, 0.717) is 12.1 Å². The summed E-state index contributed by atoms with van der Waals surface area (Å²) in [7, 11) is 0. The van der Waals surface area contributed by atoms with Gasteiger partial charge in [-0.3, -0.25) is 4.90 Å². The lowest BCUT2D eigenvalue weighted by Gasteiger charge is -2.35. The van der Waals surface area contributed by atoms with Crippen LogP contribution in [0.4, 0.5) is 0 Å². The second-order valence-corrected chi connectivity index (χ2v) is 6.33. The first-order valence-corrected chi connectivity index (χ1v) is 8.35. The highest BCUT2D eigenvalue weighted by atomic mass is 35.5. The van der Waals surface area contributed by atoms with Crippen molar-refractivity contribution in [2.75, 3.05) is 13.1 Å². The summed E-state index contributed by atoms with van der Waals surface area (Å²) in [6, 6.07) is 4.81. The number of nitrogens with zero attached hydrogens (tertiary/aromatic N) is 1. The van der Waals surface area contributed by atoms with E-state index in [2.05, 4.69) is 11.0 Å². The van der Waals surface area contributed by atoms with Gasteiger partial charge >= 0.3 is 0 Å². The molecule has 20 heavy (non-hydrogen) atoms. The maximum atomic E-state index is 6.28. The molecule has 0 bridgehead atoms. The molecule has 0 radical (unpaired) electrons. The highest BCUT2D eigenvalue weighted by Gasteiger charge is 2.30. The number of fused-ring (bicyclic) bond motifs is 1. The minimum atomic E-state index is 0.335. The van der Waals surface area contributed by atoms with Gasteiger partial charge in [-0.2, -0.15) is 0 Å². The molecule has 1 aromatic carbocycles. The number of piperidine rings is 1. The fraction of sp³-hybridized carbons (Fsp3) is 0.625. The molecule has 1 aliphatic carbocycles. The van der Waals surface area contributed by atoms with Gasteiger partial charge in [0.2, 0.25) is 0 Å². The van der Waals surface area contributed by atoms with Gasteiger partial charge in [0.05, 0.1) is 0 Å². The monoisotopic (exact) mass is 314 g/mol. The van der Waals surface area contributed by atoms with Gasteiger partial charge in [0.15, 0.2) is 0 Å². The van der Waals surface area contributed by atoms with Gasteiger partial charge in [-0.15, -0.1) is 0 Å². The van der Waals surface area contributed by atoms with Gasteiger partial charge in [0, 0.05) is 28.7 Å². The Balaban J connectivity index is 0.000000704. The summed E-state index contributed by atoms with van der Waals surface area (Å²) in [6.45, 7) is 6.18. The molecule has 0 saturated carbocycles. The Morgan fingerprint density at radius 2 is 1.95 bits per heavy atom. The average Bonchev–Trinajstić information content (AvgIpc) is 2.85. The van der Waals surface area contributed by atoms with Gasteiger partial charge in [-0.05, 0) is 55.5 Å². The van der Waals surface area contributed by atoms with Gasteiger partial charge in [-0.1, -0.05) is 37.0 Å². The Morgan fingerprint density at radius 1 is 1.20 bits per heavy atom. The van der Waals surface area contributed by atoms with Gasteiger partial charge in [-0.25, -0.2) is 0 Å². The first kappa shape index (κ1) is 16.1. The molecule has 1 heterocycles. The summed E-state index contributed by atoms with van der Waals surface area (Å²) in [5.74, 6) is 0. The molecule has 0 aromatic heterocycles. The van der Waals surface area contributed by atoms with Crippen LogP contribution in [0.1, 0.15) is 37.8 Å². The van der Waals surface area contributed by atoms with Crippen LogP contribution in [-0.4, -0.2) is 30.1 Å². The lowest BCUT2D eigenvalue weighted by atomic mass is 10.0. The molecule has 1 saturated heterocycles. The molecular formula is C16H24Cl2N2. The molecular weight excluding hydrogens is 291 g/mol. The van der Waals surface area contributed by atoms with E-state index in [4.69, 9.17) is 28.9 Å². The summed E-state index contributed by atoms with van der Waals surface area (Å²) in [5, 5.41) is 1.57. The summed E-state index contributed by atoms with van der Waals surface area (Å²) in [4.78, 5) is 2.53. The molecule has 2 nitrogen and oxygen atoms in total. The largest absolute Gasteiger partial charge is 0.327 e. The number of nitrogens with two attached hydrogens (primary N) is 1. The van der Waals surface area contributed by atoms with Gasteiger partial charge in [0.25, 0.3) is 0 Å². The zero-order valence-electron chi connectivity index (χ0n) is 12.3. The fourth-order valence-electron chi connectivity index (χ4n) is 3.26. The lowest BCUT2D eigenvalue weighted by Crippen LogP contribution is -2.48. The molecule has 0 spiro atoms. The van der Waals surface area contributed by atoms with E-state index in [1.165, 1.54) is 17.5 Å². The van der Waals surface area contributed by atoms with E-state index in [0.717, 1.165) is 42.4 Å². The number of hydrogen-bond donors (Lipinski definition) is 1. The molecule has 2 unspecified atom stereocenters. The fourth-order valence-corrected chi connectivity index (χ4v) is 3.87. The number of halogens is 2. The standard InChI is InChI=1S/C14H18Cl2N2.C2H6/c15-10-4-9-5-12(7-13(9)14(16)6-10)18-3-1-2-11(17)8-18;1-2/h4,6,11-12H,1-3,5,7-8,17H2;1-2H3. The molecule has 1 aliphatic heterocycles. The Kier molecular flexibility index (Phi) is 5.74. The van der Waals surface area contributed by atoms with Crippen molar-refractivity contribution in [3.8, 4) is 0 Å². The van der Waals surface area contributed by atoms with Crippen LogP contribution in [0.15, 0.2) is 12.1 Å². The predicted molar refractivity (Wildman–Crippen MR) is 87.8 cm³/mol. The molecule has 112 valence electrons. The third kappa shape index (κ3) is 3.48. The third-order valence-corrected chi connectivity index (χ3v) is 4.71. The van der Waals surface area contributed by atoms with E-state index in [1.807, 2.05) is 19.9 Å².